The minimum atomic E-state index is -3.67. The van der Waals surface area contributed by atoms with Crippen LogP contribution in [0.1, 0.15) is 18.4 Å². The maximum absolute atomic E-state index is 12.7. The second-order valence-corrected chi connectivity index (χ2v) is 7.66. The summed E-state index contributed by atoms with van der Waals surface area (Å²) in [6, 6.07) is 6.14. The predicted octanol–water partition coefficient (Wildman–Crippen LogP) is 0.532. The number of nitrogens with two attached hydrogens (primary N) is 1. The molecule has 3 N–H and O–H groups in total. The van der Waals surface area contributed by atoms with Crippen LogP contribution in [-0.4, -0.2) is 37.0 Å². The van der Waals surface area contributed by atoms with E-state index in [4.69, 9.17) is 11.0 Å². The molecule has 0 aromatic heterocycles. The van der Waals surface area contributed by atoms with Crippen molar-refractivity contribution in [1.29, 1.82) is 5.26 Å². The molecular formula is C14H17N3O3S. The smallest absolute Gasteiger partial charge is 0.245 e. The van der Waals surface area contributed by atoms with Crippen molar-refractivity contribution in [2.24, 2.45) is 11.8 Å². The van der Waals surface area contributed by atoms with Crippen molar-refractivity contribution in [1.82, 2.24) is 4.31 Å². The SMILES string of the molecule is N#Cc1ccc(S(=O)(=O)N2CC3CCC(O)C3C2)c(N)c1. The van der Waals surface area contributed by atoms with E-state index in [2.05, 4.69) is 0 Å². The van der Waals surface area contributed by atoms with Gasteiger partial charge in [-0.1, -0.05) is 0 Å². The minimum Gasteiger partial charge on any atom is -0.398 e. The second-order valence-electron chi connectivity index (χ2n) is 5.76. The summed E-state index contributed by atoms with van der Waals surface area (Å²) in [5.74, 6) is 0.258. The number of hydrogen-bond acceptors (Lipinski definition) is 5. The summed E-state index contributed by atoms with van der Waals surface area (Å²) in [6.07, 6.45) is 1.21. The first-order valence-electron chi connectivity index (χ1n) is 6.91. The van der Waals surface area contributed by atoms with Gasteiger partial charge in [0.2, 0.25) is 10.0 Å². The number of hydrogen-bond donors (Lipinski definition) is 2. The molecule has 3 unspecified atom stereocenters. The topological polar surface area (TPSA) is 107 Å². The van der Waals surface area contributed by atoms with Crippen LogP contribution in [0, 0.1) is 23.2 Å². The number of aliphatic hydroxyl groups excluding tert-OH is 1. The monoisotopic (exact) mass is 307 g/mol. The molecule has 6 nitrogen and oxygen atoms in total. The summed E-state index contributed by atoms with van der Waals surface area (Å²) in [6.45, 7) is 0.775. The van der Waals surface area contributed by atoms with Crippen LogP contribution in [0.15, 0.2) is 23.1 Å². The molecule has 112 valence electrons. The Morgan fingerprint density at radius 3 is 2.71 bits per heavy atom. The molecule has 21 heavy (non-hydrogen) atoms. The highest BCUT2D eigenvalue weighted by molar-refractivity contribution is 7.89. The zero-order chi connectivity index (χ0) is 15.2. The number of fused-ring (bicyclic) bond motifs is 1. The first-order valence-corrected chi connectivity index (χ1v) is 8.35. The zero-order valence-electron chi connectivity index (χ0n) is 11.4. The van der Waals surface area contributed by atoms with Gasteiger partial charge in [0.05, 0.1) is 23.4 Å². The number of aliphatic hydroxyl groups is 1. The van der Waals surface area contributed by atoms with Crippen molar-refractivity contribution < 1.29 is 13.5 Å². The summed E-state index contributed by atoms with van der Waals surface area (Å²) < 4.78 is 26.8. The van der Waals surface area contributed by atoms with E-state index in [0.29, 0.717) is 18.7 Å². The van der Waals surface area contributed by atoms with Crippen molar-refractivity contribution in [3.05, 3.63) is 23.8 Å². The van der Waals surface area contributed by atoms with E-state index in [1.54, 1.807) is 0 Å². The van der Waals surface area contributed by atoms with E-state index in [1.807, 2.05) is 6.07 Å². The number of anilines is 1. The molecule has 1 aromatic rings. The summed E-state index contributed by atoms with van der Waals surface area (Å²) in [5, 5.41) is 18.7. The van der Waals surface area contributed by atoms with Crippen molar-refractivity contribution in [2.45, 2.75) is 23.8 Å². The molecule has 1 saturated heterocycles. The Bertz CT molecular complexity index is 711. The lowest BCUT2D eigenvalue weighted by Crippen LogP contribution is -2.31. The molecule has 1 aliphatic carbocycles. The van der Waals surface area contributed by atoms with Gasteiger partial charge in [-0.25, -0.2) is 8.42 Å². The van der Waals surface area contributed by atoms with Crippen LogP contribution in [0.5, 0.6) is 0 Å². The van der Waals surface area contributed by atoms with Gasteiger partial charge in [-0.2, -0.15) is 9.57 Å². The van der Waals surface area contributed by atoms with Gasteiger partial charge in [0.15, 0.2) is 0 Å². The molecule has 1 heterocycles. The first kappa shape index (κ1) is 14.3. The van der Waals surface area contributed by atoms with Gasteiger partial charge in [-0.15, -0.1) is 0 Å². The Kier molecular flexibility index (Phi) is 3.40. The maximum atomic E-state index is 12.7. The molecule has 3 atom stereocenters. The quantitative estimate of drug-likeness (QED) is 0.775. The fraction of sp³-hybridized carbons (Fsp3) is 0.500. The molecule has 2 aliphatic rings. The van der Waals surface area contributed by atoms with Gasteiger partial charge in [-0.05, 0) is 37.0 Å². The van der Waals surface area contributed by atoms with Crippen molar-refractivity contribution in [3.8, 4) is 6.07 Å². The Morgan fingerprint density at radius 1 is 1.33 bits per heavy atom. The molecule has 7 heteroatoms. The fourth-order valence-electron chi connectivity index (χ4n) is 3.38. The van der Waals surface area contributed by atoms with Crippen LogP contribution in [-0.2, 0) is 10.0 Å². The van der Waals surface area contributed by atoms with Crippen LogP contribution in [0.25, 0.3) is 0 Å². The average Bonchev–Trinajstić information content (AvgIpc) is 3.01. The third-order valence-corrected chi connectivity index (χ3v) is 6.45. The molecule has 1 aliphatic heterocycles. The fourth-order valence-corrected chi connectivity index (χ4v) is 5.02. The maximum Gasteiger partial charge on any atom is 0.245 e. The minimum absolute atomic E-state index is 0.0272. The molecule has 0 radical (unpaired) electrons. The zero-order valence-corrected chi connectivity index (χ0v) is 12.3. The van der Waals surface area contributed by atoms with Crippen molar-refractivity contribution >= 4 is 15.7 Å². The Labute approximate surface area is 123 Å². The average molecular weight is 307 g/mol. The van der Waals surface area contributed by atoms with Gasteiger partial charge in [0.25, 0.3) is 0 Å². The highest BCUT2D eigenvalue weighted by atomic mass is 32.2. The third-order valence-electron chi connectivity index (χ3n) is 4.54. The van der Waals surface area contributed by atoms with Crippen LogP contribution in [0.3, 0.4) is 0 Å². The molecule has 1 saturated carbocycles. The largest absolute Gasteiger partial charge is 0.398 e. The van der Waals surface area contributed by atoms with Gasteiger partial charge < -0.3 is 10.8 Å². The molecular weight excluding hydrogens is 290 g/mol. The van der Waals surface area contributed by atoms with Gasteiger partial charge in [-0.3, -0.25) is 0 Å². The molecule has 0 bridgehead atoms. The summed E-state index contributed by atoms with van der Waals surface area (Å²) in [5.41, 5.74) is 6.21. The normalized spacial score (nSPS) is 29.2. The standard InChI is InChI=1S/C14H17N3O3S/c15-6-9-1-4-14(12(16)5-9)21(19,20)17-7-10-2-3-13(18)11(10)8-17/h1,4-5,10-11,13,18H,2-3,7-8,16H2. The van der Waals surface area contributed by atoms with Gasteiger partial charge in [0, 0.05) is 19.0 Å². The number of nitrogens with zero attached hydrogens (tertiary/aromatic N) is 2. The van der Waals surface area contributed by atoms with E-state index in [9.17, 15) is 13.5 Å². The highest BCUT2D eigenvalue weighted by Crippen LogP contribution is 2.40. The first-order chi connectivity index (χ1) is 9.93. The van der Waals surface area contributed by atoms with Gasteiger partial charge >= 0.3 is 0 Å². The Morgan fingerprint density at radius 2 is 2.10 bits per heavy atom. The number of nitriles is 1. The number of rotatable bonds is 2. The second kappa shape index (κ2) is 4.98. The lowest BCUT2D eigenvalue weighted by molar-refractivity contribution is 0.129. The summed E-state index contributed by atoms with van der Waals surface area (Å²) in [7, 11) is -3.67. The van der Waals surface area contributed by atoms with Crippen molar-refractivity contribution in [2.75, 3.05) is 18.8 Å². The Hall–Kier alpha value is -1.62. The van der Waals surface area contributed by atoms with Gasteiger partial charge in [0.1, 0.15) is 4.90 Å². The number of nitrogen functional groups attached to an aromatic ring is 1. The van der Waals surface area contributed by atoms with Crippen LogP contribution in [0.4, 0.5) is 5.69 Å². The molecule has 0 spiro atoms. The van der Waals surface area contributed by atoms with Crippen LogP contribution in [0.2, 0.25) is 0 Å². The lowest BCUT2D eigenvalue weighted by atomic mass is 10.00. The summed E-state index contributed by atoms with van der Waals surface area (Å²) >= 11 is 0. The van der Waals surface area contributed by atoms with Crippen molar-refractivity contribution in [3.63, 3.8) is 0 Å². The molecule has 1 aromatic carbocycles. The predicted molar refractivity (Wildman–Crippen MR) is 76.5 cm³/mol. The van der Waals surface area contributed by atoms with E-state index in [1.165, 1.54) is 22.5 Å². The van der Waals surface area contributed by atoms with Crippen LogP contribution >= 0.6 is 0 Å². The lowest BCUT2D eigenvalue weighted by Gasteiger charge is -2.19. The Balaban J connectivity index is 1.90. The highest BCUT2D eigenvalue weighted by Gasteiger charge is 2.46. The van der Waals surface area contributed by atoms with E-state index < -0.39 is 16.1 Å². The molecule has 3 rings (SSSR count). The summed E-state index contributed by atoms with van der Waals surface area (Å²) in [4.78, 5) is 0.0379. The number of sulfonamides is 1. The number of benzene rings is 1. The molecule has 0 amide bonds. The molecule has 2 fully saturated rings. The van der Waals surface area contributed by atoms with E-state index in [-0.39, 0.29) is 22.4 Å². The van der Waals surface area contributed by atoms with E-state index in [0.717, 1.165) is 12.8 Å². The van der Waals surface area contributed by atoms with E-state index >= 15 is 0 Å². The third kappa shape index (κ3) is 2.29. The van der Waals surface area contributed by atoms with Crippen LogP contribution < -0.4 is 5.73 Å².